The molecule has 0 saturated carbocycles. The topological polar surface area (TPSA) is 66.4 Å². The number of thioether (sulfide) groups is 1. The summed E-state index contributed by atoms with van der Waals surface area (Å²) in [7, 11) is 0. The van der Waals surface area contributed by atoms with Gasteiger partial charge in [-0.2, -0.15) is 0 Å². The van der Waals surface area contributed by atoms with E-state index in [0.29, 0.717) is 0 Å². The molecule has 0 aliphatic rings. The molecule has 0 spiro atoms. The lowest BCUT2D eigenvalue weighted by Crippen LogP contribution is -2.42. The first-order valence-electron chi connectivity index (χ1n) is 6.30. The molecule has 0 radical (unpaired) electrons. The average Bonchev–Trinajstić information content (AvgIpc) is 2.36. The van der Waals surface area contributed by atoms with Gasteiger partial charge in [0, 0.05) is 11.3 Å². The van der Waals surface area contributed by atoms with Crippen LogP contribution in [0.4, 0.5) is 8.78 Å². The molecule has 21 heavy (non-hydrogen) atoms. The SMILES string of the molecule is Cc1ccc(SCC(=O)NC(CC(F)F)C(=O)O)c(C)c1. The molecule has 1 amide bonds. The summed E-state index contributed by atoms with van der Waals surface area (Å²) >= 11 is 1.24. The number of aliphatic carboxylic acids is 1. The molecular formula is C14H17F2NO3S. The van der Waals surface area contributed by atoms with Crippen molar-refractivity contribution in [1.82, 2.24) is 5.32 Å². The van der Waals surface area contributed by atoms with Crippen LogP contribution in [0.2, 0.25) is 0 Å². The third-order valence-electron chi connectivity index (χ3n) is 2.74. The molecule has 0 aliphatic carbocycles. The Labute approximate surface area is 125 Å². The zero-order chi connectivity index (χ0) is 16.0. The fourth-order valence-electron chi connectivity index (χ4n) is 1.74. The Balaban J connectivity index is 2.54. The number of benzene rings is 1. The minimum Gasteiger partial charge on any atom is -0.480 e. The lowest BCUT2D eigenvalue weighted by molar-refractivity contribution is -0.142. The van der Waals surface area contributed by atoms with E-state index in [1.165, 1.54) is 11.8 Å². The Morgan fingerprint density at radius 1 is 1.33 bits per heavy atom. The van der Waals surface area contributed by atoms with E-state index in [4.69, 9.17) is 5.11 Å². The number of carbonyl (C=O) groups is 2. The van der Waals surface area contributed by atoms with E-state index in [1.807, 2.05) is 32.0 Å². The van der Waals surface area contributed by atoms with Crippen LogP contribution in [0.25, 0.3) is 0 Å². The van der Waals surface area contributed by atoms with Gasteiger partial charge in [-0.1, -0.05) is 17.7 Å². The lowest BCUT2D eigenvalue weighted by atomic mass is 10.2. The Bertz CT molecular complexity index is 523. The van der Waals surface area contributed by atoms with Crippen molar-refractivity contribution in [1.29, 1.82) is 0 Å². The Morgan fingerprint density at radius 3 is 2.52 bits per heavy atom. The van der Waals surface area contributed by atoms with Crippen molar-refractivity contribution in [2.45, 2.75) is 37.6 Å². The van der Waals surface area contributed by atoms with Gasteiger partial charge in [0.1, 0.15) is 6.04 Å². The van der Waals surface area contributed by atoms with Gasteiger partial charge in [-0.3, -0.25) is 4.79 Å². The average molecular weight is 317 g/mol. The first kappa shape index (κ1) is 17.4. The Kier molecular flexibility index (Phi) is 6.61. The fraction of sp³-hybridized carbons (Fsp3) is 0.429. The third kappa shape index (κ3) is 6.12. The van der Waals surface area contributed by atoms with Gasteiger partial charge in [0.2, 0.25) is 12.3 Å². The number of halogens is 2. The quantitative estimate of drug-likeness (QED) is 0.759. The first-order chi connectivity index (χ1) is 9.79. The van der Waals surface area contributed by atoms with Gasteiger partial charge >= 0.3 is 5.97 Å². The maximum absolute atomic E-state index is 12.2. The summed E-state index contributed by atoms with van der Waals surface area (Å²) in [6.45, 7) is 3.86. The minimum absolute atomic E-state index is 0.0169. The van der Waals surface area contributed by atoms with Gasteiger partial charge in [-0.25, -0.2) is 13.6 Å². The largest absolute Gasteiger partial charge is 0.480 e. The molecule has 0 heterocycles. The van der Waals surface area contributed by atoms with Crippen LogP contribution in [0.3, 0.4) is 0 Å². The van der Waals surface area contributed by atoms with Crippen molar-refractivity contribution < 1.29 is 23.5 Å². The van der Waals surface area contributed by atoms with Crippen LogP contribution in [-0.2, 0) is 9.59 Å². The van der Waals surface area contributed by atoms with E-state index in [2.05, 4.69) is 5.32 Å². The predicted molar refractivity (Wildman–Crippen MR) is 76.8 cm³/mol. The van der Waals surface area contributed by atoms with Crippen molar-refractivity contribution in [2.75, 3.05) is 5.75 Å². The normalized spacial score (nSPS) is 12.2. The van der Waals surface area contributed by atoms with Crippen LogP contribution in [-0.4, -0.2) is 35.2 Å². The highest BCUT2D eigenvalue weighted by molar-refractivity contribution is 8.00. The third-order valence-corrected chi connectivity index (χ3v) is 3.91. The molecule has 0 fully saturated rings. The number of carboxylic acids is 1. The van der Waals surface area contributed by atoms with Crippen molar-refractivity contribution >= 4 is 23.6 Å². The molecule has 2 N–H and O–H groups in total. The molecule has 0 aliphatic heterocycles. The standard InChI is InChI=1S/C14H17F2NO3S/c1-8-3-4-11(9(2)5-8)21-7-13(18)17-10(14(19)20)6-12(15)16/h3-5,10,12H,6-7H2,1-2H3,(H,17,18)(H,19,20). The predicted octanol–water partition coefficient (Wildman–Crippen LogP) is 2.62. The number of aryl methyl sites for hydroxylation is 2. The highest BCUT2D eigenvalue weighted by Gasteiger charge is 2.24. The molecule has 1 unspecified atom stereocenters. The molecular weight excluding hydrogens is 300 g/mol. The van der Waals surface area contributed by atoms with Crippen molar-refractivity contribution in [3.05, 3.63) is 29.3 Å². The van der Waals surface area contributed by atoms with E-state index >= 15 is 0 Å². The summed E-state index contributed by atoms with van der Waals surface area (Å²) in [5.41, 5.74) is 2.11. The Morgan fingerprint density at radius 2 is 2.00 bits per heavy atom. The highest BCUT2D eigenvalue weighted by Crippen LogP contribution is 2.22. The van der Waals surface area contributed by atoms with E-state index in [0.717, 1.165) is 16.0 Å². The van der Waals surface area contributed by atoms with E-state index in [-0.39, 0.29) is 5.75 Å². The molecule has 0 saturated heterocycles. The second kappa shape index (κ2) is 7.97. The van der Waals surface area contributed by atoms with E-state index in [9.17, 15) is 18.4 Å². The summed E-state index contributed by atoms with van der Waals surface area (Å²) in [6, 6.07) is 4.19. The van der Waals surface area contributed by atoms with E-state index < -0.39 is 30.8 Å². The monoisotopic (exact) mass is 317 g/mol. The molecule has 0 bridgehead atoms. The van der Waals surface area contributed by atoms with Gasteiger partial charge in [0.15, 0.2) is 0 Å². The van der Waals surface area contributed by atoms with Crippen LogP contribution in [0.5, 0.6) is 0 Å². The summed E-state index contributed by atoms with van der Waals surface area (Å²) < 4.78 is 24.4. The number of hydrogen-bond acceptors (Lipinski definition) is 3. The van der Waals surface area contributed by atoms with Gasteiger partial charge in [-0.05, 0) is 25.5 Å². The van der Waals surface area contributed by atoms with E-state index in [1.54, 1.807) is 0 Å². The molecule has 7 heteroatoms. The zero-order valence-electron chi connectivity index (χ0n) is 11.7. The first-order valence-corrected chi connectivity index (χ1v) is 7.28. The maximum atomic E-state index is 12.2. The molecule has 1 rings (SSSR count). The minimum atomic E-state index is -2.78. The van der Waals surface area contributed by atoms with Gasteiger partial charge in [0.05, 0.1) is 5.75 Å². The molecule has 1 atom stereocenters. The number of carboxylic acid groups (broad SMARTS) is 1. The lowest BCUT2D eigenvalue weighted by Gasteiger charge is -2.14. The maximum Gasteiger partial charge on any atom is 0.326 e. The number of hydrogen-bond donors (Lipinski definition) is 2. The van der Waals surface area contributed by atoms with Crippen LogP contribution in [0, 0.1) is 13.8 Å². The second-order valence-corrected chi connectivity index (χ2v) is 5.66. The molecule has 116 valence electrons. The second-order valence-electron chi connectivity index (χ2n) is 4.64. The molecule has 1 aromatic carbocycles. The van der Waals surface area contributed by atoms with Crippen LogP contribution in [0.15, 0.2) is 23.1 Å². The number of amides is 1. The van der Waals surface area contributed by atoms with Crippen LogP contribution >= 0.6 is 11.8 Å². The van der Waals surface area contributed by atoms with Crippen LogP contribution in [0.1, 0.15) is 17.5 Å². The van der Waals surface area contributed by atoms with Gasteiger partial charge in [-0.15, -0.1) is 11.8 Å². The summed E-state index contributed by atoms with van der Waals surface area (Å²) in [5.74, 6) is -2.05. The molecule has 1 aromatic rings. The number of carbonyl (C=O) groups excluding carboxylic acids is 1. The highest BCUT2D eigenvalue weighted by atomic mass is 32.2. The van der Waals surface area contributed by atoms with Crippen molar-refractivity contribution in [3.8, 4) is 0 Å². The number of alkyl halides is 2. The summed E-state index contributed by atoms with van der Waals surface area (Å²) in [6.07, 6.45) is -3.67. The summed E-state index contributed by atoms with van der Waals surface area (Å²) in [4.78, 5) is 23.3. The summed E-state index contributed by atoms with van der Waals surface area (Å²) in [5, 5.41) is 10.9. The smallest absolute Gasteiger partial charge is 0.326 e. The number of rotatable bonds is 7. The fourth-order valence-corrected chi connectivity index (χ4v) is 2.56. The van der Waals surface area contributed by atoms with Gasteiger partial charge in [0.25, 0.3) is 0 Å². The molecule has 0 aromatic heterocycles. The zero-order valence-corrected chi connectivity index (χ0v) is 12.5. The van der Waals surface area contributed by atoms with Gasteiger partial charge < -0.3 is 10.4 Å². The van der Waals surface area contributed by atoms with Crippen molar-refractivity contribution in [3.63, 3.8) is 0 Å². The van der Waals surface area contributed by atoms with Crippen LogP contribution < -0.4 is 5.32 Å². The number of nitrogens with one attached hydrogen (secondary N) is 1. The van der Waals surface area contributed by atoms with Crippen molar-refractivity contribution in [2.24, 2.45) is 0 Å². The molecule has 4 nitrogen and oxygen atoms in total. The Hall–Kier alpha value is -1.63.